The van der Waals surface area contributed by atoms with Crippen molar-refractivity contribution in [1.82, 2.24) is 4.90 Å². The monoisotopic (exact) mass is 586 g/mol. The topological polar surface area (TPSA) is 111 Å². The van der Waals surface area contributed by atoms with Crippen molar-refractivity contribution in [2.24, 2.45) is 23.7 Å². The normalized spacial score (nSPS) is 30.8. The Labute approximate surface area is 207 Å². The van der Waals surface area contributed by atoms with E-state index in [9.17, 15) is 19.2 Å². The van der Waals surface area contributed by atoms with Gasteiger partial charge in [0.2, 0.25) is 11.8 Å². The summed E-state index contributed by atoms with van der Waals surface area (Å²) in [6.45, 7) is 0.867. The van der Waals surface area contributed by atoms with Crippen LogP contribution in [0.25, 0.3) is 0 Å². The molecule has 9 nitrogen and oxygen atoms in total. The van der Waals surface area contributed by atoms with Crippen molar-refractivity contribution in [3.63, 3.8) is 0 Å². The predicted octanol–water partition coefficient (Wildman–Crippen LogP) is 2.35. The number of halogens is 2. The smallest absolute Gasteiger partial charge is 0.329 e. The first-order valence-electron chi connectivity index (χ1n) is 10.5. The van der Waals surface area contributed by atoms with Crippen molar-refractivity contribution >= 4 is 61.2 Å². The molecule has 33 heavy (non-hydrogen) atoms. The van der Waals surface area contributed by atoms with Crippen LogP contribution < -0.4 is 14.8 Å². The minimum atomic E-state index is -1.11. The van der Waals surface area contributed by atoms with Gasteiger partial charge in [0.15, 0.2) is 6.61 Å². The highest BCUT2D eigenvalue weighted by Crippen LogP contribution is 2.60. The molecule has 1 aromatic rings. The van der Waals surface area contributed by atoms with Crippen LogP contribution in [0.3, 0.4) is 0 Å². The van der Waals surface area contributed by atoms with Gasteiger partial charge in [0.1, 0.15) is 17.5 Å². The number of anilines is 1. The third-order valence-corrected chi connectivity index (χ3v) is 9.98. The zero-order valence-corrected chi connectivity index (χ0v) is 21.4. The number of fused-ring (bicyclic) bond motifs is 5. The van der Waals surface area contributed by atoms with E-state index in [0.29, 0.717) is 17.2 Å². The maximum Gasteiger partial charge on any atom is 0.329 e. The van der Waals surface area contributed by atoms with E-state index in [2.05, 4.69) is 37.2 Å². The van der Waals surface area contributed by atoms with Gasteiger partial charge in [-0.05, 0) is 37.3 Å². The number of nitrogens with one attached hydrogen (secondary N) is 1. The number of amides is 3. The first-order chi connectivity index (χ1) is 15.7. The number of esters is 1. The number of likely N-dealkylation sites (tertiary alicyclic amines) is 1. The number of hydrogen-bond donors (Lipinski definition) is 1. The second-order valence-electron chi connectivity index (χ2n) is 8.45. The molecular formula is C22H24Br2N2O7. The Morgan fingerprint density at radius 2 is 1.70 bits per heavy atom. The number of benzene rings is 1. The average molecular weight is 588 g/mol. The highest BCUT2D eigenvalue weighted by atomic mass is 79.9. The van der Waals surface area contributed by atoms with E-state index in [-0.39, 0.29) is 33.3 Å². The van der Waals surface area contributed by atoms with Crippen molar-refractivity contribution in [2.45, 2.75) is 29.0 Å². The van der Waals surface area contributed by atoms with Gasteiger partial charge >= 0.3 is 5.97 Å². The molecule has 0 unspecified atom stereocenters. The van der Waals surface area contributed by atoms with Gasteiger partial charge in [-0.15, -0.1) is 0 Å². The number of methoxy groups -OCH3 is 2. The van der Waals surface area contributed by atoms with Crippen LogP contribution in [-0.2, 0) is 23.9 Å². The zero-order valence-electron chi connectivity index (χ0n) is 18.2. The summed E-state index contributed by atoms with van der Waals surface area (Å²) in [6.07, 6.45) is 0.805. The van der Waals surface area contributed by atoms with E-state index >= 15 is 0 Å². The SMILES string of the molecule is COc1ccc(OC)c(NC(=O)COC(=O)[C@H](C)N2C(=O)[C@@H]3[C@H]4C[C@@H]([C@H](Br)[C@H]4Br)[C@@H]3C2=O)c1. The minimum Gasteiger partial charge on any atom is -0.497 e. The van der Waals surface area contributed by atoms with Gasteiger partial charge in [-0.3, -0.25) is 19.3 Å². The number of rotatable bonds is 7. The quantitative estimate of drug-likeness (QED) is 0.296. The molecule has 0 radical (unpaired) electrons. The molecule has 178 valence electrons. The van der Waals surface area contributed by atoms with E-state index < -0.39 is 36.4 Å². The van der Waals surface area contributed by atoms with E-state index in [1.165, 1.54) is 21.1 Å². The van der Waals surface area contributed by atoms with Crippen LogP contribution in [-0.4, -0.2) is 65.1 Å². The molecule has 1 saturated heterocycles. The van der Waals surface area contributed by atoms with Gasteiger partial charge in [-0.1, -0.05) is 31.9 Å². The fraction of sp³-hybridized carbons (Fsp3) is 0.545. The lowest BCUT2D eigenvalue weighted by Gasteiger charge is -2.28. The molecule has 3 fully saturated rings. The summed E-state index contributed by atoms with van der Waals surface area (Å²) in [6, 6.07) is 3.77. The van der Waals surface area contributed by atoms with Crippen LogP contribution >= 0.6 is 31.9 Å². The Kier molecular flexibility index (Phi) is 6.73. The summed E-state index contributed by atoms with van der Waals surface area (Å²) >= 11 is 7.27. The van der Waals surface area contributed by atoms with Gasteiger partial charge in [-0.25, -0.2) is 4.79 Å². The van der Waals surface area contributed by atoms with Crippen LogP contribution in [0.15, 0.2) is 18.2 Å². The van der Waals surface area contributed by atoms with E-state index in [4.69, 9.17) is 14.2 Å². The summed E-state index contributed by atoms with van der Waals surface area (Å²) in [4.78, 5) is 52.3. The molecule has 1 aromatic carbocycles. The van der Waals surface area contributed by atoms with Crippen molar-refractivity contribution in [3.05, 3.63) is 18.2 Å². The molecule has 1 aliphatic heterocycles. The van der Waals surface area contributed by atoms with Crippen LogP contribution in [0.5, 0.6) is 11.5 Å². The summed E-state index contributed by atoms with van der Waals surface area (Å²) in [5, 5.41) is 2.60. The molecule has 4 rings (SSSR count). The second-order valence-corrected chi connectivity index (χ2v) is 10.6. The lowest BCUT2D eigenvalue weighted by Crippen LogP contribution is -2.45. The lowest BCUT2D eigenvalue weighted by molar-refractivity contribution is -0.159. The molecule has 0 spiro atoms. The third-order valence-electron chi connectivity index (χ3n) is 6.78. The Morgan fingerprint density at radius 3 is 2.24 bits per heavy atom. The Bertz CT molecular complexity index is 971. The summed E-state index contributed by atoms with van der Waals surface area (Å²) in [5.41, 5.74) is 0.354. The Hall–Kier alpha value is -2.14. The average Bonchev–Trinajstić information content (AvgIpc) is 3.41. The molecule has 11 heteroatoms. The largest absolute Gasteiger partial charge is 0.497 e. The van der Waals surface area contributed by atoms with Crippen molar-refractivity contribution in [2.75, 3.05) is 26.1 Å². The van der Waals surface area contributed by atoms with E-state index in [0.717, 1.165) is 11.3 Å². The highest BCUT2D eigenvalue weighted by Gasteiger charge is 2.67. The fourth-order valence-corrected chi connectivity index (χ4v) is 7.09. The first kappa shape index (κ1) is 24.0. The molecule has 1 N–H and O–H groups in total. The van der Waals surface area contributed by atoms with Crippen LogP contribution in [0.2, 0.25) is 0 Å². The van der Waals surface area contributed by atoms with Gasteiger partial charge in [0.25, 0.3) is 5.91 Å². The maximum atomic E-state index is 13.1. The fourth-order valence-electron chi connectivity index (χ4n) is 5.21. The summed E-state index contributed by atoms with van der Waals surface area (Å²) < 4.78 is 15.5. The maximum absolute atomic E-state index is 13.1. The zero-order chi connectivity index (χ0) is 24.0. The van der Waals surface area contributed by atoms with Crippen LogP contribution in [0.1, 0.15) is 13.3 Å². The predicted molar refractivity (Wildman–Crippen MR) is 124 cm³/mol. The molecular weight excluding hydrogens is 564 g/mol. The molecule has 2 bridgehead atoms. The molecule has 2 aliphatic carbocycles. The number of alkyl halides is 2. The lowest BCUT2D eigenvalue weighted by atomic mass is 9.81. The molecule has 2 saturated carbocycles. The Morgan fingerprint density at radius 1 is 1.09 bits per heavy atom. The minimum absolute atomic E-state index is 0.0534. The summed E-state index contributed by atoms with van der Waals surface area (Å²) in [7, 11) is 2.95. The number of carbonyl (C=O) groups is 4. The molecule has 3 amide bonds. The van der Waals surface area contributed by atoms with Crippen LogP contribution in [0.4, 0.5) is 5.69 Å². The van der Waals surface area contributed by atoms with E-state index in [1.54, 1.807) is 18.2 Å². The van der Waals surface area contributed by atoms with Gasteiger partial charge in [0.05, 0.1) is 31.7 Å². The van der Waals surface area contributed by atoms with Crippen LogP contribution in [0, 0.1) is 23.7 Å². The van der Waals surface area contributed by atoms with Gasteiger partial charge in [0, 0.05) is 15.7 Å². The summed E-state index contributed by atoms with van der Waals surface area (Å²) in [5.74, 6) is -1.89. The van der Waals surface area contributed by atoms with Gasteiger partial charge < -0.3 is 19.5 Å². The molecule has 0 aromatic heterocycles. The highest BCUT2D eigenvalue weighted by molar-refractivity contribution is 9.12. The van der Waals surface area contributed by atoms with Crippen molar-refractivity contribution in [1.29, 1.82) is 0 Å². The Balaban J connectivity index is 1.37. The van der Waals surface area contributed by atoms with Crippen molar-refractivity contribution in [3.8, 4) is 11.5 Å². The molecule has 3 aliphatic rings. The second kappa shape index (κ2) is 9.25. The number of hydrogen-bond acceptors (Lipinski definition) is 7. The first-order valence-corrected chi connectivity index (χ1v) is 12.4. The molecule has 1 heterocycles. The number of ether oxygens (including phenoxy) is 3. The number of nitrogens with zero attached hydrogens (tertiary/aromatic N) is 1. The number of carbonyl (C=O) groups excluding carboxylic acids is 4. The van der Waals surface area contributed by atoms with Gasteiger partial charge in [-0.2, -0.15) is 0 Å². The standard InChI is InChI=1S/C22H24Br2N2O7/c1-9(26-20(28)16-11-7-12(17(16)21(26)29)19(24)18(11)23)22(30)33-8-15(27)25-13-6-10(31-2)4-5-14(13)32-3/h4-6,9,11-12,16-19H,7-8H2,1-3H3,(H,25,27)/t9-,11+,12+,16-,17+,18-,19-/m0/s1. The van der Waals surface area contributed by atoms with E-state index in [1.807, 2.05) is 0 Å². The third kappa shape index (κ3) is 4.03. The van der Waals surface area contributed by atoms with Crippen molar-refractivity contribution < 1.29 is 33.4 Å². The number of imide groups is 1. The molecule has 7 atom stereocenters.